The predicted octanol–water partition coefficient (Wildman–Crippen LogP) is 23.3. The van der Waals surface area contributed by atoms with Gasteiger partial charge in [0.2, 0.25) is 0 Å². The van der Waals surface area contributed by atoms with Crippen LogP contribution in [0.3, 0.4) is 0 Å². The van der Waals surface area contributed by atoms with E-state index in [1.807, 2.05) is 146 Å². The second-order valence-electron chi connectivity index (χ2n) is 26.8. The maximum Gasteiger partial charge on any atom is 0.136 e. The van der Waals surface area contributed by atoms with Crippen LogP contribution in [0.15, 0.2) is 291 Å². The van der Waals surface area contributed by atoms with Gasteiger partial charge in [0, 0.05) is 132 Å². The Labute approximate surface area is 630 Å². The fourth-order valence-electron chi connectivity index (χ4n) is 14.4. The maximum absolute atomic E-state index is 7.85. The van der Waals surface area contributed by atoms with Gasteiger partial charge in [-0.2, -0.15) is 0 Å². The fraction of sp³-hybridized carbons (Fsp3) is 0.0755. The Morgan fingerprint density at radius 3 is 0.472 bits per heavy atom. The van der Waals surface area contributed by atoms with E-state index in [0.717, 1.165) is 212 Å². The van der Waals surface area contributed by atoms with Crippen molar-refractivity contribution in [3.63, 3.8) is 0 Å². The van der Waals surface area contributed by atoms with Crippen LogP contribution < -0.4 is 9.47 Å². The van der Waals surface area contributed by atoms with Crippen molar-refractivity contribution in [3.8, 4) is 106 Å². The van der Waals surface area contributed by atoms with Crippen molar-refractivity contribution < 1.29 is 9.47 Å². The van der Waals surface area contributed by atoms with Crippen molar-refractivity contribution in [3.05, 3.63) is 380 Å². The second-order valence-corrected chi connectivity index (χ2v) is 26.8. The van der Waals surface area contributed by atoms with Crippen LogP contribution in [-0.4, -0.2) is 13.2 Å². The van der Waals surface area contributed by atoms with Gasteiger partial charge in [-0.05, 0) is 202 Å². The molecule has 0 saturated carbocycles. The molecule has 0 heterocycles. The van der Waals surface area contributed by atoms with Gasteiger partial charge in [0.25, 0.3) is 0 Å². The van der Waals surface area contributed by atoms with Gasteiger partial charge < -0.3 is 9.47 Å². The number of hydrogen-bond acceptors (Lipinski definition) is 2. The third kappa shape index (κ3) is 13.5. The molecule has 0 aromatic heterocycles. The van der Waals surface area contributed by atoms with Crippen LogP contribution in [-0.2, 0) is 0 Å². The molecule has 19 rings (SSSR count). The maximum atomic E-state index is 7.85. The molecule has 0 unspecified atom stereocenters. The Balaban J connectivity index is 1.11. The summed E-state index contributed by atoms with van der Waals surface area (Å²) in [5.74, 6) is 59.5. The van der Waals surface area contributed by atoms with Gasteiger partial charge in [0.15, 0.2) is 0 Å². The van der Waals surface area contributed by atoms with Gasteiger partial charge in [-0.15, -0.1) is 0 Å². The van der Waals surface area contributed by atoms with Gasteiger partial charge in [-0.25, -0.2) is 0 Å². The third-order valence-electron chi connectivity index (χ3n) is 19.6. The number of hydrogen-bond donors (Lipinski definition) is 0. The summed E-state index contributed by atoms with van der Waals surface area (Å²) < 4.78 is 15.7. The summed E-state index contributed by atoms with van der Waals surface area (Å²) in [6.45, 7) is 5.30. The summed E-state index contributed by atoms with van der Waals surface area (Å²) in [6.07, 6.45) is 3.40. The van der Waals surface area contributed by atoms with Crippen molar-refractivity contribution in [2.75, 3.05) is 13.2 Å². The number of rotatable bonds is 8. The zero-order valence-electron chi connectivity index (χ0n) is 59.8. The van der Waals surface area contributed by atoms with Crippen LogP contribution in [0.1, 0.15) is 129 Å². The molecule has 0 aliphatic rings. The van der Waals surface area contributed by atoms with Crippen molar-refractivity contribution >= 4 is 86.2 Å². The van der Waals surface area contributed by atoms with E-state index in [2.05, 4.69) is 254 Å². The first-order valence-electron chi connectivity index (χ1n) is 36.8. The van der Waals surface area contributed by atoms with Crippen molar-refractivity contribution in [2.24, 2.45) is 0 Å². The standard InChI is InChI=1S/C106H66O2/c1-3-5-63-107-105-101-97-89-65-81(55-47-73-31-15-7-16-32-73)85(59-51-77-39-23-11-24-40-77)69-93(89)99(94-70-86(60-52-78-41-25-12-26-42-78)82(66-90(94)97)56-48-74-33-17-8-18-34-74)103(101)106(108-64-6-4-2)104-100-95-71-87(61-53-79-43-27-13-28-44-79)83(57-49-75-35-19-9-20-36-75)67-91(95)98(102(104)105)92-68-84(58-50-76-37-21-10-22-38-76)88(72-96(92)100)62-54-80-45-29-14-30-46-80/h7-46,65-72H,3-6,63-64H2,1-2H3. The van der Waals surface area contributed by atoms with Crippen LogP contribution in [0.25, 0.3) is 86.2 Å². The van der Waals surface area contributed by atoms with E-state index in [0.29, 0.717) is 13.2 Å². The SMILES string of the molecule is CCCCOc1c2c(c(OCCCC)c3c1c1c4cc(C#Cc5ccccc5)c(C#Cc5ccccc5)cc4c3c3cc(C#Cc4ccccc4)c(C#Cc4ccccc4)cc31)c1c3cc(C#Cc4ccccc4)c(C#Cc4ccccc4)cc3c2c2cc(C#Cc3ccccc3)c(C#Cc3ccccc3)cc21. The molecule has 0 saturated heterocycles. The smallest absolute Gasteiger partial charge is 0.136 e. The zero-order valence-corrected chi connectivity index (χ0v) is 59.8. The molecule has 0 atom stereocenters. The summed E-state index contributed by atoms with van der Waals surface area (Å²) in [4.78, 5) is 0. The first-order valence-corrected chi connectivity index (χ1v) is 36.8. The molecule has 4 bridgehead atoms. The molecule has 0 fully saturated rings. The van der Waals surface area contributed by atoms with E-state index >= 15 is 0 Å². The summed E-state index contributed by atoms with van der Waals surface area (Å²) in [6, 6.07) is 99.6. The largest absolute Gasteiger partial charge is 0.492 e. The number of ether oxygens (including phenoxy) is 2. The van der Waals surface area contributed by atoms with Crippen molar-refractivity contribution in [2.45, 2.75) is 39.5 Å². The van der Waals surface area contributed by atoms with Crippen molar-refractivity contribution in [1.29, 1.82) is 0 Å². The zero-order chi connectivity index (χ0) is 72.5. The first-order chi connectivity index (χ1) is 53.5. The van der Waals surface area contributed by atoms with E-state index in [1.54, 1.807) is 0 Å². The fourth-order valence-corrected chi connectivity index (χ4v) is 14.4. The molecule has 19 aromatic carbocycles. The summed E-state index contributed by atoms with van der Waals surface area (Å²) in [7, 11) is 0. The molecule has 0 spiro atoms. The van der Waals surface area contributed by atoms with Crippen LogP contribution in [0.5, 0.6) is 11.5 Å². The average molecular weight is 1370 g/mol. The van der Waals surface area contributed by atoms with Gasteiger partial charge in [0.05, 0.1) is 13.2 Å². The Bertz CT molecular complexity index is 5710. The summed E-state index contributed by atoms with van der Waals surface area (Å²) in [5, 5.41) is 15.6. The van der Waals surface area contributed by atoms with Crippen LogP contribution in [0, 0.1) is 94.7 Å². The van der Waals surface area contributed by atoms with Gasteiger partial charge in [0.1, 0.15) is 11.5 Å². The van der Waals surface area contributed by atoms with E-state index in [9.17, 15) is 0 Å². The van der Waals surface area contributed by atoms with E-state index in [4.69, 9.17) is 9.47 Å². The predicted molar refractivity (Wildman–Crippen MR) is 449 cm³/mol. The highest BCUT2D eigenvalue weighted by Gasteiger charge is 2.32. The molecule has 502 valence electrons. The normalized spacial score (nSPS) is 10.7. The molecule has 19 aromatic rings. The molecule has 0 aliphatic carbocycles. The lowest BCUT2D eigenvalue weighted by Gasteiger charge is -2.28. The Morgan fingerprint density at radius 1 is 0.185 bits per heavy atom. The Morgan fingerprint density at radius 2 is 0.333 bits per heavy atom. The quantitative estimate of drug-likeness (QED) is 0.0858. The molecule has 2 heteroatoms. The third-order valence-corrected chi connectivity index (χ3v) is 19.6. The van der Waals surface area contributed by atoms with Crippen LogP contribution >= 0.6 is 0 Å². The average Bonchev–Trinajstić information content (AvgIpc) is 0.662. The van der Waals surface area contributed by atoms with Gasteiger partial charge >= 0.3 is 0 Å². The highest BCUT2D eigenvalue weighted by Crippen LogP contribution is 2.60. The van der Waals surface area contributed by atoms with Crippen LogP contribution in [0.2, 0.25) is 0 Å². The highest BCUT2D eigenvalue weighted by atomic mass is 16.5. The molecule has 0 N–H and O–H groups in total. The number of benzene rings is 19. The van der Waals surface area contributed by atoms with Gasteiger partial charge in [-0.3, -0.25) is 0 Å². The van der Waals surface area contributed by atoms with Crippen LogP contribution in [0.4, 0.5) is 0 Å². The Hall–Kier alpha value is -14.6. The lowest BCUT2D eigenvalue weighted by molar-refractivity contribution is 0.312. The Kier molecular flexibility index (Phi) is 18.8. The molecule has 0 radical (unpaired) electrons. The summed E-state index contributed by atoms with van der Waals surface area (Å²) >= 11 is 0. The minimum atomic E-state index is 0.434. The second kappa shape index (κ2) is 30.4. The molecule has 0 amide bonds. The lowest BCUT2D eigenvalue weighted by Crippen LogP contribution is -2.06. The molecule has 0 aliphatic heterocycles. The molecule has 2 nitrogen and oxygen atoms in total. The van der Waals surface area contributed by atoms with Crippen molar-refractivity contribution in [1.82, 2.24) is 0 Å². The topological polar surface area (TPSA) is 18.5 Å². The minimum Gasteiger partial charge on any atom is -0.492 e. The van der Waals surface area contributed by atoms with E-state index < -0.39 is 0 Å². The first kappa shape index (κ1) is 66.6. The molecule has 108 heavy (non-hydrogen) atoms. The molecular formula is C106H66O2. The van der Waals surface area contributed by atoms with E-state index in [1.165, 1.54) is 0 Å². The minimum absolute atomic E-state index is 0.434. The van der Waals surface area contributed by atoms with E-state index in [-0.39, 0.29) is 0 Å². The summed E-state index contributed by atoms with van der Waals surface area (Å²) in [5.41, 5.74) is 13.5. The molecular weight excluding hydrogens is 1310 g/mol. The highest BCUT2D eigenvalue weighted by molar-refractivity contribution is 6.50. The monoisotopic (exact) mass is 1370 g/mol. The lowest BCUT2D eigenvalue weighted by atomic mass is 9.78. The van der Waals surface area contributed by atoms with Gasteiger partial charge in [-0.1, -0.05) is 267 Å². The number of unbranched alkanes of at least 4 members (excludes halogenated alkanes) is 2.